The Kier molecular flexibility index (Phi) is 46.6. The Labute approximate surface area is 634 Å². The number of hydrogen-bond acceptors (Lipinski definition) is 0. The zero-order valence-electron chi connectivity index (χ0n) is 72.5. The fraction of sp³-hybridized carbons (Fsp3) is 1.00. The molecule has 0 saturated heterocycles. The standard InChI is InChI=1S/C100H192/c1-17-33-49-65-81(57-41-25-9)73-89(74-82(58-42-26-10)66-50-34-18-2)97-93-95-98(97,90(75-83(59-43-27-11)67-51-35-19-3)76-84(60-44-28-12)68-52-36-20-4)96-94(97)99(93,91(77-85(61-45-29-13)69-53-37-21-5)78-86(62-46-30-14)70-54-38-22-6)100(95,96)92(79-87(63-47-31-15)71-55-39-23-7)80-88(64-48-32-16)72-56-40-24-8/h81-96H,17-80H2,1-16H3. The molecule has 6 saturated carbocycles. The van der Waals surface area contributed by atoms with Crippen LogP contribution in [0.1, 0.15) is 522 Å². The molecule has 0 aromatic heterocycles. The lowest BCUT2D eigenvalue weighted by Gasteiger charge is -3.23. The molecule has 6 rings (SSSR count). The van der Waals surface area contributed by atoms with Crippen LogP contribution in [0.2, 0.25) is 0 Å². The molecule has 0 heterocycles. The van der Waals surface area contributed by atoms with Gasteiger partial charge < -0.3 is 0 Å². The zero-order valence-corrected chi connectivity index (χ0v) is 72.5. The van der Waals surface area contributed by atoms with Gasteiger partial charge in [0.05, 0.1) is 0 Å². The minimum absolute atomic E-state index is 0.618. The molecule has 6 aliphatic rings. The summed E-state index contributed by atoms with van der Waals surface area (Å²) in [6.45, 7) is 40.7. The highest BCUT2D eigenvalue weighted by Gasteiger charge is 3.20. The number of hydrogen-bond donors (Lipinski definition) is 0. The normalized spacial score (nSPS) is 26.6. The average molecular weight is 1390 g/mol. The van der Waals surface area contributed by atoms with E-state index in [1.54, 1.807) is 103 Å². The average Bonchev–Trinajstić information content (AvgIpc) is 0.522. The van der Waals surface area contributed by atoms with Crippen molar-refractivity contribution in [3.63, 3.8) is 0 Å². The van der Waals surface area contributed by atoms with Gasteiger partial charge >= 0.3 is 0 Å². The van der Waals surface area contributed by atoms with E-state index in [1.807, 2.05) is 0 Å². The summed E-state index contributed by atoms with van der Waals surface area (Å²) in [6, 6.07) is 0. The SMILES string of the molecule is CCCCCC(CCCC)CC(CC(CCCC)CCCCC)C12C3C4C1(C(CC(CCCC)CCCCC)CC(CCCC)CCCCC)C1C2C3(C(CC(CCCC)CCCCC)CC(CCCC)CCCCC)C41C(CC(CCCC)CCCCC)CC(CCCC)CCCCC. The molecule has 8 unspecified atom stereocenters. The van der Waals surface area contributed by atoms with Crippen LogP contribution >= 0.6 is 0 Å². The second-order valence-corrected chi connectivity index (χ2v) is 38.3. The fourth-order valence-corrected chi connectivity index (χ4v) is 27.2. The molecule has 0 N–H and O–H groups in total. The largest absolute Gasteiger partial charge is 0.0654 e. The van der Waals surface area contributed by atoms with Gasteiger partial charge in [-0.3, -0.25) is 0 Å². The first-order chi connectivity index (χ1) is 49.0. The smallest absolute Gasteiger partial charge is 0.0130 e. The molecule has 0 heteroatoms. The van der Waals surface area contributed by atoms with Crippen molar-refractivity contribution in [1.82, 2.24) is 0 Å². The minimum Gasteiger partial charge on any atom is -0.0654 e. The van der Waals surface area contributed by atoms with E-state index in [0.717, 1.165) is 94.7 Å². The van der Waals surface area contributed by atoms with Crippen LogP contribution in [0, 0.1) is 116 Å². The van der Waals surface area contributed by atoms with Crippen molar-refractivity contribution in [2.75, 3.05) is 0 Å². The van der Waals surface area contributed by atoms with Crippen molar-refractivity contribution in [1.29, 1.82) is 0 Å². The second-order valence-electron chi connectivity index (χ2n) is 38.3. The Bertz CT molecular complexity index is 1540. The van der Waals surface area contributed by atoms with Crippen LogP contribution in [0.5, 0.6) is 0 Å². The van der Waals surface area contributed by atoms with Gasteiger partial charge in [-0.15, -0.1) is 0 Å². The van der Waals surface area contributed by atoms with E-state index in [4.69, 9.17) is 0 Å². The van der Waals surface area contributed by atoms with E-state index in [0.29, 0.717) is 21.7 Å². The van der Waals surface area contributed by atoms with Crippen LogP contribution in [0.15, 0.2) is 0 Å². The molecule has 0 aromatic carbocycles. The van der Waals surface area contributed by atoms with Crippen LogP contribution in [0.25, 0.3) is 0 Å². The molecular weight excluding hydrogens is 1200 g/mol. The molecule has 592 valence electrons. The lowest BCUT2D eigenvalue weighted by atomic mass is 8.80. The highest BCUT2D eigenvalue weighted by Crippen LogP contribution is 3.23. The molecule has 0 spiro atoms. The molecule has 0 aliphatic heterocycles. The van der Waals surface area contributed by atoms with Crippen molar-refractivity contribution in [2.45, 2.75) is 522 Å². The van der Waals surface area contributed by atoms with Crippen molar-refractivity contribution in [2.24, 2.45) is 116 Å². The van der Waals surface area contributed by atoms with Crippen molar-refractivity contribution < 1.29 is 0 Å². The summed E-state index contributed by atoms with van der Waals surface area (Å²) in [4.78, 5) is 0. The van der Waals surface area contributed by atoms with Gasteiger partial charge in [-0.25, -0.2) is 0 Å². The summed E-state index contributed by atoms with van der Waals surface area (Å²) in [5.74, 6) is 15.6. The van der Waals surface area contributed by atoms with E-state index < -0.39 is 0 Å². The van der Waals surface area contributed by atoms with Gasteiger partial charge in [-0.1, -0.05) is 470 Å². The Hall–Kier alpha value is 0. The van der Waals surface area contributed by atoms with Crippen LogP contribution in [-0.2, 0) is 0 Å². The summed E-state index contributed by atoms with van der Waals surface area (Å²) in [5, 5.41) is 0. The maximum absolute atomic E-state index is 2.57. The Morgan fingerprint density at radius 1 is 0.140 bits per heavy atom. The molecule has 0 amide bonds. The van der Waals surface area contributed by atoms with E-state index >= 15 is 0 Å². The molecule has 6 aliphatic carbocycles. The van der Waals surface area contributed by atoms with Crippen molar-refractivity contribution >= 4 is 0 Å². The van der Waals surface area contributed by atoms with E-state index in [2.05, 4.69) is 111 Å². The van der Waals surface area contributed by atoms with Crippen molar-refractivity contribution in [3.8, 4) is 0 Å². The van der Waals surface area contributed by atoms with Crippen LogP contribution in [0.3, 0.4) is 0 Å². The van der Waals surface area contributed by atoms with E-state index in [9.17, 15) is 0 Å². The Morgan fingerprint density at radius 3 is 0.340 bits per heavy atom. The van der Waals surface area contributed by atoms with Gasteiger partial charge in [0, 0.05) is 0 Å². The van der Waals surface area contributed by atoms with Gasteiger partial charge in [0.1, 0.15) is 0 Å². The lowest BCUT2D eigenvalue weighted by Crippen LogP contribution is -3.21. The monoisotopic (exact) mass is 1390 g/mol. The van der Waals surface area contributed by atoms with Crippen LogP contribution < -0.4 is 0 Å². The zero-order chi connectivity index (χ0) is 72.5. The summed E-state index contributed by atoms with van der Waals surface area (Å²) in [6.07, 6.45) is 95.5. The molecule has 6 fully saturated rings. The first-order valence-electron chi connectivity index (χ1n) is 49.0. The highest BCUT2D eigenvalue weighted by atomic mass is 15.2. The Balaban J connectivity index is 2.05. The topological polar surface area (TPSA) is 0 Å². The number of unbranched alkanes of at least 4 members (excludes halogenated alkanes) is 24. The van der Waals surface area contributed by atoms with Gasteiger partial charge in [-0.05, 0) is 168 Å². The third kappa shape index (κ3) is 22.6. The lowest BCUT2D eigenvalue weighted by molar-refractivity contribution is -0.773. The Morgan fingerprint density at radius 2 is 0.240 bits per heavy atom. The maximum atomic E-state index is 2.57. The predicted molar refractivity (Wildman–Crippen MR) is 452 cm³/mol. The first-order valence-corrected chi connectivity index (χ1v) is 49.0. The highest BCUT2D eigenvalue weighted by molar-refractivity contribution is 5.66. The quantitative estimate of drug-likeness (QED) is 0.0533. The summed E-state index contributed by atoms with van der Waals surface area (Å²) < 4.78 is 0. The molecule has 8 atom stereocenters. The predicted octanol–water partition coefficient (Wildman–Crippen LogP) is 35.1. The van der Waals surface area contributed by atoms with Gasteiger partial charge in [0.15, 0.2) is 0 Å². The minimum atomic E-state index is 0.618. The molecular formula is C100H192. The summed E-state index contributed by atoms with van der Waals surface area (Å²) >= 11 is 0. The van der Waals surface area contributed by atoms with E-state index in [-0.39, 0.29) is 0 Å². The molecule has 0 bridgehead atoms. The van der Waals surface area contributed by atoms with Gasteiger partial charge in [0.25, 0.3) is 0 Å². The van der Waals surface area contributed by atoms with Crippen LogP contribution in [0.4, 0.5) is 0 Å². The summed E-state index contributed by atoms with van der Waals surface area (Å²) in [7, 11) is 0. The third-order valence-corrected chi connectivity index (χ3v) is 31.4. The maximum Gasteiger partial charge on any atom is -0.0130 e. The van der Waals surface area contributed by atoms with E-state index in [1.165, 1.54) is 308 Å². The van der Waals surface area contributed by atoms with Gasteiger partial charge in [0.2, 0.25) is 0 Å². The molecule has 0 nitrogen and oxygen atoms in total. The van der Waals surface area contributed by atoms with Gasteiger partial charge in [-0.2, -0.15) is 0 Å². The summed E-state index contributed by atoms with van der Waals surface area (Å²) in [5.41, 5.74) is 2.47. The number of rotatable bonds is 76. The molecule has 0 aromatic rings. The second kappa shape index (κ2) is 51.4. The van der Waals surface area contributed by atoms with Crippen LogP contribution in [-0.4, -0.2) is 0 Å². The molecule has 100 heavy (non-hydrogen) atoms. The third-order valence-electron chi connectivity index (χ3n) is 31.4. The molecule has 0 radical (unpaired) electrons. The van der Waals surface area contributed by atoms with Crippen molar-refractivity contribution in [3.05, 3.63) is 0 Å². The first kappa shape index (κ1) is 90.6. The fourth-order valence-electron chi connectivity index (χ4n) is 27.2.